The number of aryl methyl sites for hydroxylation is 2. The third-order valence-electron chi connectivity index (χ3n) is 5.55. The molecule has 6 nitrogen and oxygen atoms in total. The number of benzene rings is 3. The summed E-state index contributed by atoms with van der Waals surface area (Å²) in [5.41, 5.74) is 10.2. The Kier molecular flexibility index (Phi) is 5.54. The number of carboxylic acids is 1. The summed E-state index contributed by atoms with van der Waals surface area (Å²) in [7, 11) is 0. The van der Waals surface area contributed by atoms with Crippen LogP contribution in [0.3, 0.4) is 0 Å². The van der Waals surface area contributed by atoms with E-state index in [-0.39, 0.29) is 11.5 Å². The second kappa shape index (κ2) is 8.44. The summed E-state index contributed by atoms with van der Waals surface area (Å²) in [6.07, 6.45) is 1.48. The predicted molar refractivity (Wildman–Crippen MR) is 121 cm³/mol. The summed E-state index contributed by atoms with van der Waals surface area (Å²) in [5, 5.41) is 12.9. The third kappa shape index (κ3) is 4.48. The van der Waals surface area contributed by atoms with Crippen LogP contribution in [0.15, 0.2) is 65.8 Å². The topological polar surface area (TPSA) is 82.0 Å². The van der Waals surface area contributed by atoms with Crippen molar-refractivity contribution in [2.24, 2.45) is 5.10 Å². The molecule has 0 bridgehead atoms. The van der Waals surface area contributed by atoms with Gasteiger partial charge in [-0.2, -0.15) is 5.10 Å². The van der Waals surface area contributed by atoms with Crippen LogP contribution in [0.2, 0.25) is 0 Å². The Morgan fingerprint density at radius 2 is 1.58 bits per heavy atom. The summed E-state index contributed by atoms with van der Waals surface area (Å²) >= 11 is 0. The molecule has 0 atom stereocenters. The van der Waals surface area contributed by atoms with Gasteiger partial charge in [-0.15, -0.1) is 0 Å². The van der Waals surface area contributed by atoms with E-state index < -0.39 is 5.97 Å². The maximum Gasteiger partial charge on any atom is 0.335 e. The van der Waals surface area contributed by atoms with Gasteiger partial charge in [-0.3, -0.25) is 4.79 Å². The lowest BCUT2D eigenvalue weighted by Gasteiger charge is -2.18. The first kappa shape index (κ1) is 20.3. The largest absolute Gasteiger partial charge is 0.478 e. The fraction of sp³-hybridized carbons (Fsp3) is 0.160. The van der Waals surface area contributed by atoms with E-state index in [1.54, 1.807) is 18.2 Å². The molecule has 0 aromatic heterocycles. The molecule has 156 valence electrons. The van der Waals surface area contributed by atoms with E-state index >= 15 is 0 Å². The number of nitrogens with one attached hydrogen (secondary N) is 1. The van der Waals surface area contributed by atoms with Crippen LogP contribution < -0.4 is 10.3 Å². The lowest BCUT2D eigenvalue weighted by atomic mass is 10.0. The molecule has 0 radical (unpaired) electrons. The van der Waals surface area contributed by atoms with E-state index in [0.717, 1.165) is 18.8 Å². The number of nitrogens with zero attached hydrogens (tertiary/aromatic N) is 2. The maximum atomic E-state index is 12.5. The number of carboxylic acid groups (broad SMARTS) is 1. The molecule has 1 amide bonds. The van der Waals surface area contributed by atoms with Gasteiger partial charge in [0.25, 0.3) is 5.91 Å². The molecule has 1 heterocycles. The molecule has 0 saturated carbocycles. The highest BCUT2D eigenvalue weighted by atomic mass is 16.4. The van der Waals surface area contributed by atoms with Crippen LogP contribution in [0, 0.1) is 13.8 Å². The SMILES string of the molecule is Cc1cc2c(cc1C)CN(c1cccc(C(=O)NN=Cc3ccc(C(=O)O)cc3)c1)C2. The highest BCUT2D eigenvalue weighted by Gasteiger charge is 2.20. The van der Waals surface area contributed by atoms with Crippen molar-refractivity contribution < 1.29 is 14.7 Å². The standard InChI is InChI=1S/C25H23N3O3/c1-16-10-21-14-28(15-22(21)11-17(16)2)23-5-3-4-20(12-23)24(29)27-26-13-18-6-8-19(9-7-18)25(30)31/h3-13H,14-15H2,1-2H3,(H,27,29)(H,30,31). The van der Waals surface area contributed by atoms with Gasteiger partial charge in [-0.25, -0.2) is 10.2 Å². The average Bonchev–Trinajstić information content (AvgIpc) is 3.17. The summed E-state index contributed by atoms with van der Waals surface area (Å²) in [6.45, 7) is 5.91. The summed E-state index contributed by atoms with van der Waals surface area (Å²) in [6, 6.07) is 18.3. The van der Waals surface area contributed by atoms with Crippen molar-refractivity contribution in [3.05, 3.63) is 99.6 Å². The molecule has 3 aromatic carbocycles. The highest BCUT2D eigenvalue weighted by Crippen LogP contribution is 2.30. The average molecular weight is 413 g/mol. The van der Waals surface area contributed by atoms with E-state index in [9.17, 15) is 9.59 Å². The first-order valence-electron chi connectivity index (χ1n) is 10.0. The monoisotopic (exact) mass is 413 g/mol. The molecule has 6 heteroatoms. The number of anilines is 1. The number of hydrazone groups is 1. The quantitative estimate of drug-likeness (QED) is 0.483. The van der Waals surface area contributed by atoms with Gasteiger partial charge in [0.1, 0.15) is 0 Å². The van der Waals surface area contributed by atoms with Crippen molar-refractivity contribution in [3.8, 4) is 0 Å². The minimum Gasteiger partial charge on any atom is -0.478 e. The highest BCUT2D eigenvalue weighted by molar-refractivity contribution is 5.96. The van der Waals surface area contributed by atoms with Crippen LogP contribution in [-0.4, -0.2) is 23.2 Å². The smallest absolute Gasteiger partial charge is 0.335 e. The Bertz CT molecular complexity index is 1150. The first-order chi connectivity index (χ1) is 14.9. The van der Waals surface area contributed by atoms with Crippen LogP contribution in [-0.2, 0) is 13.1 Å². The summed E-state index contributed by atoms with van der Waals surface area (Å²) in [5.74, 6) is -1.29. The van der Waals surface area contributed by atoms with Crippen LogP contribution >= 0.6 is 0 Å². The predicted octanol–water partition coefficient (Wildman–Crippen LogP) is 4.29. The molecule has 0 aliphatic carbocycles. The van der Waals surface area contributed by atoms with Gasteiger partial charge in [0, 0.05) is 24.3 Å². The molecular weight excluding hydrogens is 390 g/mol. The number of carbonyl (C=O) groups is 2. The molecule has 1 aliphatic rings. The molecule has 0 saturated heterocycles. The Labute approximate surface area is 180 Å². The fourth-order valence-electron chi connectivity index (χ4n) is 3.67. The first-order valence-corrected chi connectivity index (χ1v) is 10.0. The Hall–Kier alpha value is -3.93. The lowest BCUT2D eigenvalue weighted by Crippen LogP contribution is -2.19. The number of carbonyl (C=O) groups excluding carboxylic acids is 1. The van der Waals surface area contributed by atoms with Crippen molar-refractivity contribution in [1.29, 1.82) is 0 Å². The molecule has 4 rings (SSSR count). The number of aromatic carboxylic acids is 1. The molecule has 0 unspecified atom stereocenters. The van der Waals surface area contributed by atoms with Crippen LogP contribution in [0.4, 0.5) is 5.69 Å². The van der Waals surface area contributed by atoms with Crippen molar-refractivity contribution in [2.75, 3.05) is 4.90 Å². The Morgan fingerprint density at radius 3 is 2.19 bits per heavy atom. The molecular formula is C25H23N3O3. The van der Waals surface area contributed by atoms with Crippen molar-refractivity contribution in [1.82, 2.24) is 5.43 Å². The van der Waals surface area contributed by atoms with Gasteiger partial charge < -0.3 is 10.0 Å². The summed E-state index contributed by atoms with van der Waals surface area (Å²) in [4.78, 5) is 25.7. The Morgan fingerprint density at radius 1 is 0.935 bits per heavy atom. The molecule has 0 spiro atoms. The molecule has 2 N–H and O–H groups in total. The van der Waals surface area contributed by atoms with E-state index in [2.05, 4.69) is 41.4 Å². The zero-order valence-corrected chi connectivity index (χ0v) is 17.4. The second-order valence-corrected chi connectivity index (χ2v) is 7.74. The second-order valence-electron chi connectivity index (χ2n) is 7.74. The van der Waals surface area contributed by atoms with Gasteiger partial charge in [0.2, 0.25) is 0 Å². The third-order valence-corrected chi connectivity index (χ3v) is 5.55. The van der Waals surface area contributed by atoms with Gasteiger partial charge in [0.15, 0.2) is 0 Å². The molecule has 3 aromatic rings. The summed E-state index contributed by atoms with van der Waals surface area (Å²) < 4.78 is 0. The van der Waals surface area contributed by atoms with Crippen molar-refractivity contribution in [3.63, 3.8) is 0 Å². The maximum absolute atomic E-state index is 12.5. The van der Waals surface area contributed by atoms with E-state index in [4.69, 9.17) is 5.11 Å². The number of rotatable bonds is 5. The Balaban J connectivity index is 1.42. The van der Waals surface area contributed by atoms with Gasteiger partial charge >= 0.3 is 5.97 Å². The van der Waals surface area contributed by atoms with Crippen molar-refractivity contribution >= 4 is 23.8 Å². The number of hydrogen-bond acceptors (Lipinski definition) is 4. The van der Waals surface area contributed by atoms with Crippen LogP contribution in [0.25, 0.3) is 0 Å². The number of fused-ring (bicyclic) bond motifs is 1. The van der Waals surface area contributed by atoms with Gasteiger partial charge in [-0.1, -0.05) is 30.3 Å². The van der Waals surface area contributed by atoms with Gasteiger partial charge in [0.05, 0.1) is 11.8 Å². The zero-order chi connectivity index (χ0) is 22.0. The minimum atomic E-state index is -0.983. The minimum absolute atomic E-state index is 0.201. The van der Waals surface area contributed by atoms with E-state index in [1.165, 1.54) is 40.6 Å². The van der Waals surface area contributed by atoms with Crippen LogP contribution in [0.5, 0.6) is 0 Å². The van der Waals surface area contributed by atoms with E-state index in [1.807, 2.05) is 18.2 Å². The number of hydrogen-bond donors (Lipinski definition) is 2. The normalized spacial score (nSPS) is 12.8. The molecule has 31 heavy (non-hydrogen) atoms. The van der Waals surface area contributed by atoms with Crippen LogP contribution in [0.1, 0.15) is 48.5 Å². The molecule has 1 aliphatic heterocycles. The number of amides is 1. The van der Waals surface area contributed by atoms with E-state index in [0.29, 0.717) is 11.1 Å². The van der Waals surface area contributed by atoms with Crippen molar-refractivity contribution in [2.45, 2.75) is 26.9 Å². The zero-order valence-electron chi connectivity index (χ0n) is 17.4. The molecule has 0 fully saturated rings. The van der Waals surface area contributed by atoms with Gasteiger partial charge in [-0.05, 0) is 72.0 Å². The fourth-order valence-corrected chi connectivity index (χ4v) is 3.67. The lowest BCUT2D eigenvalue weighted by molar-refractivity contribution is 0.0696.